The molecule has 1 aliphatic heterocycles. The van der Waals surface area contributed by atoms with E-state index < -0.39 is 30.2 Å². The fourth-order valence-electron chi connectivity index (χ4n) is 5.67. The van der Waals surface area contributed by atoms with Crippen molar-refractivity contribution in [1.29, 1.82) is 0 Å². The van der Waals surface area contributed by atoms with Crippen molar-refractivity contribution in [1.82, 2.24) is 4.90 Å². The van der Waals surface area contributed by atoms with E-state index in [-0.39, 0.29) is 43.3 Å². The molecular weight excluding hydrogens is 630 g/mol. The lowest BCUT2D eigenvalue weighted by atomic mass is 9.84. The van der Waals surface area contributed by atoms with Gasteiger partial charge in [0.15, 0.2) is 0 Å². The maximum atomic E-state index is 12.2. The van der Waals surface area contributed by atoms with Crippen LogP contribution < -0.4 is 4.74 Å². The fourth-order valence-corrected chi connectivity index (χ4v) is 5.67. The Balaban J connectivity index is 1.28. The Morgan fingerprint density at radius 2 is 1.12 bits per heavy atom. The molecule has 0 bridgehead atoms. The molecule has 1 saturated heterocycles. The summed E-state index contributed by atoms with van der Waals surface area (Å²) in [6.45, 7) is 2.04. The minimum Gasteiger partial charge on any atom is -0.494 e. The van der Waals surface area contributed by atoms with Crippen LogP contribution in [-0.4, -0.2) is 76.8 Å². The average Bonchev–Trinajstić information content (AvgIpc) is 3.12. The van der Waals surface area contributed by atoms with E-state index in [9.17, 15) is 29.7 Å². The molecule has 256 valence electrons. The molecule has 0 aromatic heterocycles. The van der Waals surface area contributed by atoms with Gasteiger partial charge in [-0.3, -0.25) is 0 Å². The highest BCUT2D eigenvalue weighted by molar-refractivity contribution is 5.88. The van der Waals surface area contributed by atoms with Gasteiger partial charge in [-0.15, -0.1) is 0 Å². The van der Waals surface area contributed by atoms with Crippen LogP contribution in [0.2, 0.25) is 0 Å². The minimum absolute atomic E-state index is 0.0988. The summed E-state index contributed by atoms with van der Waals surface area (Å²) in [7, 11) is 0. The molecule has 11 nitrogen and oxygen atoms in total. The number of likely N-dealkylation sites (tertiary alicyclic amines) is 1. The summed E-state index contributed by atoms with van der Waals surface area (Å²) in [5.74, 6) is -1.74. The van der Waals surface area contributed by atoms with Crippen LogP contribution in [0, 0.1) is 0 Å². The molecule has 0 aliphatic carbocycles. The predicted molar refractivity (Wildman–Crippen MR) is 179 cm³/mol. The van der Waals surface area contributed by atoms with Crippen molar-refractivity contribution in [2.75, 3.05) is 26.3 Å². The Morgan fingerprint density at radius 1 is 0.612 bits per heavy atom. The standard InChI is InChI=1S/C38H39NO10/c40-36(41)30-11-7-27(8-12-30)24-48-33-21-39(38(44)45)22-34(49-25-28-9-13-31(14-10-28)37(42)43)35(33)29-15-17-32(18-16-29)47-20-4-19-46-23-26-5-2-1-3-6-26/h1-3,5-18,33-35H,4,19-25H2,(H,40,41)(H,42,43)(H,44,45). The van der Waals surface area contributed by atoms with Crippen molar-refractivity contribution in [3.63, 3.8) is 0 Å². The second-order valence-corrected chi connectivity index (χ2v) is 11.7. The molecule has 0 spiro atoms. The Hall–Kier alpha value is -5.23. The highest BCUT2D eigenvalue weighted by Crippen LogP contribution is 2.35. The van der Waals surface area contributed by atoms with Crippen LogP contribution in [0.15, 0.2) is 103 Å². The monoisotopic (exact) mass is 669 g/mol. The highest BCUT2D eigenvalue weighted by atomic mass is 16.5. The van der Waals surface area contributed by atoms with E-state index in [1.54, 1.807) is 24.3 Å². The van der Waals surface area contributed by atoms with Gasteiger partial charge in [0.2, 0.25) is 0 Å². The van der Waals surface area contributed by atoms with Crippen LogP contribution in [0.5, 0.6) is 5.75 Å². The van der Waals surface area contributed by atoms with E-state index in [1.165, 1.54) is 29.2 Å². The van der Waals surface area contributed by atoms with Crippen LogP contribution in [0.25, 0.3) is 0 Å². The summed E-state index contributed by atoms with van der Waals surface area (Å²) in [6.07, 6.45) is -1.59. The van der Waals surface area contributed by atoms with Gasteiger partial charge in [0.25, 0.3) is 0 Å². The molecule has 0 radical (unpaired) electrons. The molecule has 3 N–H and O–H groups in total. The number of carboxylic acid groups (broad SMARTS) is 3. The second kappa shape index (κ2) is 17.3. The van der Waals surface area contributed by atoms with Gasteiger partial charge < -0.3 is 39.2 Å². The van der Waals surface area contributed by atoms with E-state index in [1.807, 2.05) is 54.6 Å². The third-order valence-electron chi connectivity index (χ3n) is 8.28. The second-order valence-electron chi connectivity index (χ2n) is 11.7. The quantitative estimate of drug-likeness (QED) is 0.116. The smallest absolute Gasteiger partial charge is 0.407 e. The molecule has 1 aliphatic rings. The van der Waals surface area contributed by atoms with Gasteiger partial charge in [0.05, 0.1) is 69.5 Å². The lowest BCUT2D eigenvalue weighted by Crippen LogP contribution is -2.54. The first kappa shape index (κ1) is 35.1. The average molecular weight is 670 g/mol. The Bertz CT molecular complexity index is 1590. The number of hydrogen-bond acceptors (Lipinski definition) is 7. The van der Waals surface area contributed by atoms with Crippen molar-refractivity contribution in [2.45, 2.75) is 44.4 Å². The van der Waals surface area contributed by atoms with Gasteiger partial charge in [-0.25, -0.2) is 14.4 Å². The molecule has 11 heteroatoms. The largest absolute Gasteiger partial charge is 0.494 e. The van der Waals surface area contributed by atoms with Crippen LogP contribution in [0.4, 0.5) is 4.79 Å². The summed E-state index contributed by atoms with van der Waals surface area (Å²) in [5.41, 5.74) is 3.78. The number of carbonyl (C=O) groups is 3. The topological polar surface area (TPSA) is 152 Å². The maximum Gasteiger partial charge on any atom is 0.407 e. The molecule has 1 fully saturated rings. The first-order valence-corrected chi connectivity index (χ1v) is 16.0. The summed E-state index contributed by atoms with van der Waals surface area (Å²) < 4.78 is 24.4. The number of amides is 1. The van der Waals surface area contributed by atoms with E-state index >= 15 is 0 Å². The molecule has 5 rings (SSSR count). The van der Waals surface area contributed by atoms with Gasteiger partial charge in [-0.2, -0.15) is 0 Å². The van der Waals surface area contributed by atoms with Crippen molar-refractivity contribution in [3.05, 3.63) is 137 Å². The van der Waals surface area contributed by atoms with Crippen LogP contribution in [0.1, 0.15) is 55.3 Å². The first-order chi connectivity index (χ1) is 23.8. The van der Waals surface area contributed by atoms with E-state index in [2.05, 4.69) is 0 Å². The van der Waals surface area contributed by atoms with Crippen molar-refractivity contribution in [2.24, 2.45) is 0 Å². The number of ether oxygens (including phenoxy) is 4. The molecule has 4 aromatic rings. The van der Waals surface area contributed by atoms with Gasteiger partial charge >= 0.3 is 18.0 Å². The summed E-state index contributed by atoms with van der Waals surface area (Å²) in [6, 6.07) is 30.2. The first-order valence-electron chi connectivity index (χ1n) is 16.0. The van der Waals surface area contributed by atoms with Gasteiger partial charge in [0.1, 0.15) is 5.75 Å². The predicted octanol–water partition coefficient (Wildman–Crippen LogP) is 6.32. The van der Waals surface area contributed by atoms with Gasteiger partial charge in [-0.05, 0) is 58.7 Å². The van der Waals surface area contributed by atoms with Gasteiger partial charge in [-0.1, -0.05) is 66.7 Å². The maximum absolute atomic E-state index is 12.2. The normalized spacial score (nSPS) is 17.4. The van der Waals surface area contributed by atoms with E-state index in [0.29, 0.717) is 25.6 Å². The van der Waals surface area contributed by atoms with Crippen LogP contribution in [0.3, 0.4) is 0 Å². The number of nitrogens with zero attached hydrogens (tertiary/aromatic N) is 1. The summed E-state index contributed by atoms with van der Waals surface area (Å²) in [5, 5.41) is 28.5. The Labute approximate surface area is 284 Å². The number of piperidine rings is 1. The minimum atomic E-state index is -1.10. The number of rotatable bonds is 16. The molecule has 2 unspecified atom stereocenters. The lowest BCUT2D eigenvalue weighted by molar-refractivity contribution is -0.0937. The molecule has 0 saturated carbocycles. The highest BCUT2D eigenvalue weighted by Gasteiger charge is 2.41. The summed E-state index contributed by atoms with van der Waals surface area (Å²) in [4.78, 5) is 36.0. The van der Waals surface area contributed by atoms with Crippen molar-refractivity contribution in [3.8, 4) is 5.75 Å². The number of hydrogen-bond donors (Lipinski definition) is 3. The number of aromatic carboxylic acids is 2. The molecule has 1 heterocycles. The number of carboxylic acids is 2. The van der Waals surface area contributed by atoms with Crippen molar-refractivity contribution >= 4 is 18.0 Å². The molecule has 49 heavy (non-hydrogen) atoms. The van der Waals surface area contributed by atoms with Crippen LogP contribution >= 0.6 is 0 Å². The van der Waals surface area contributed by atoms with Gasteiger partial charge in [0, 0.05) is 12.3 Å². The van der Waals surface area contributed by atoms with E-state index in [0.717, 1.165) is 28.7 Å². The molecular formula is C38H39NO10. The summed E-state index contributed by atoms with van der Waals surface area (Å²) >= 11 is 0. The Morgan fingerprint density at radius 3 is 1.61 bits per heavy atom. The molecule has 1 amide bonds. The zero-order valence-electron chi connectivity index (χ0n) is 26.9. The number of benzene rings is 4. The molecule has 2 atom stereocenters. The molecule has 4 aromatic carbocycles. The lowest BCUT2D eigenvalue weighted by Gasteiger charge is -2.42. The zero-order chi connectivity index (χ0) is 34.6. The Kier molecular flexibility index (Phi) is 12.4. The zero-order valence-corrected chi connectivity index (χ0v) is 26.9. The van der Waals surface area contributed by atoms with E-state index in [4.69, 9.17) is 18.9 Å². The third-order valence-corrected chi connectivity index (χ3v) is 8.28. The van der Waals surface area contributed by atoms with Crippen LogP contribution in [-0.2, 0) is 34.0 Å². The third kappa shape index (κ3) is 10.1. The fraction of sp³-hybridized carbons (Fsp3) is 0.289. The van der Waals surface area contributed by atoms with Crippen molar-refractivity contribution < 1.29 is 48.7 Å². The SMILES string of the molecule is O=C(O)c1ccc(COC2CN(C(=O)O)CC(OCc3ccc(C(=O)O)cc3)C2c2ccc(OCCCOCc3ccccc3)cc2)cc1.